The van der Waals surface area contributed by atoms with Crippen molar-refractivity contribution < 1.29 is 28.1 Å². The Kier molecular flexibility index (Phi) is 7.31. The fourth-order valence-electron chi connectivity index (χ4n) is 1.98. The maximum atomic E-state index is 11.8. The zero-order valence-electron chi connectivity index (χ0n) is 14.7. The fraction of sp³-hybridized carbons (Fsp3) is 0.571. The van der Waals surface area contributed by atoms with Gasteiger partial charge in [0.25, 0.3) is 0 Å². The first-order chi connectivity index (χ1) is 12.4. The summed E-state index contributed by atoms with van der Waals surface area (Å²) in [6.07, 6.45) is 1.37. The average molecular weight is 387 g/mol. The van der Waals surface area contributed by atoms with Crippen molar-refractivity contribution in [2.24, 2.45) is 0 Å². The van der Waals surface area contributed by atoms with Crippen molar-refractivity contribution in [1.82, 2.24) is 19.5 Å². The molecule has 0 aromatic carbocycles. The van der Waals surface area contributed by atoms with Crippen LogP contribution < -0.4 is 5.73 Å². The summed E-state index contributed by atoms with van der Waals surface area (Å²) in [5, 5.41) is 0. The molecule has 2 rings (SSSR count). The molecule has 26 heavy (non-hydrogen) atoms. The number of hydrogen-bond acceptors (Lipinski definition) is 10. The van der Waals surface area contributed by atoms with Crippen LogP contribution in [0, 0.1) is 0 Å². The van der Waals surface area contributed by atoms with E-state index in [2.05, 4.69) is 19.7 Å². The minimum Gasteiger partial charge on any atom is -0.432 e. The van der Waals surface area contributed by atoms with Crippen LogP contribution >= 0.6 is 8.03 Å². The molecule has 0 fully saturated rings. The van der Waals surface area contributed by atoms with Crippen molar-refractivity contribution >= 4 is 31.2 Å². The second-order valence-electron chi connectivity index (χ2n) is 5.64. The van der Waals surface area contributed by atoms with Crippen molar-refractivity contribution in [2.45, 2.75) is 39.5 Å². The molecule has 0 aliphatic heterocycles. The molecular formula is C14H22N5O6P. The second-order valence-corrected chi connectivity index (χ2v) is 6.97. The van der Waals surface area contributed by atoms with E-state index in [1.165, 1.54) is 6.33 Å². The highest BCUT2D eigenvalue weighted by molar-refractivity contribution is 7.38. The first kappa shape index (κ1) is 20.1. The molecule has 0 saturated heterocycles. The Hall–Kier alpha value is -2.23. The summed E-state index contributed by atoms with van der Waals surface area (Å²) in [5.41, 5.74) is 6.84. The first-order valence-electron chi connectivity index (χ1n) is 7.88. The Bertz CT molecular complexity index is 767. The van der Waals surface area contributed by atoms with Gasteiger partial charge in [-0.1, -0.05) is 0 Å². The van der Waals surface area contributed by atoms with E-state index in [9.17, 15) is 9.36 Å². The Morgan fingerprint density at radius 1 is 1.31 bits per heavy atom. The molecule has 1 unspecified atom stereocenters. The van der Waals surface area contributed by atoms with E-state index in [1.807, 2.05) is 6.92 Å². The van der Waals surface area contributed by atoms with E-state index in [4.69, 9.17) is 19.7 Å². The smallest absolute Gasteiger partial charge is 0.432 e. The lowest BCUT2D eigenvalue weighted by Gasteiger charge is -2.14. The maximum Gasteiger partial charge on any atom is 0.510 e. The fourth-order valence-corrected chi connectivity index (χ4v) is 2.68. The normalized spacial score (nSPS) is 13.7. The standard InChI is InChI=1S/C14H22N5O6P/c1-9(2)25-14(20)22-7-24-26(21)8-23-10(3)4-19-6-18-11-12(15)16-5-17-13(11)19/h5-6,9-10,26H,4,7-8H2,1-3H3,(H2,15,16,17)/t10-/m1/s1. The SMILES string of the molecule is CC(C)OC(=O)OCO[PH](=O)CO[C@H](C)Cn1cnc2c(N)ncnc21. The van der Waals surface area contributed by atoms with E-state index >= 15 is 0 Å². The predicted octanol–water partition coefficient (Wildman–Crippen LogP) is 1.78. The number of rotatable bonds is 9. The predicted molar refractivity (Wildman–Crippen MR) is 92.8 cm³/mol. The molecule has 0 radical (unpaired) electrons. The molecule has 11 nitrogen and oxygen atoms in total. The number of imidazole rings is 1. The van der Waals surface area contributed by atoms with Gasteiger partial charge in [-0.25, -0.2) is 19.7 Å². The topological polar surface area (TPSA) is 141 Å². The largest absolute Gasteiger partial charge is 0.510 e. The highest BCUT2D eigenvalue weighted by Gasteiger charge is 2.13. The second kappa shape index (κ2) is 9.46. The van der Waals surface area contributed by atoms with Crippen LogP contribution in [0.3, 0.4) is 0 Å². The van der Waals surface area contributed by atoms with Gasteiger partial charge in [0.05, 0.1) is 25.1 Å². The highest BCUT2D eigenvalue weighted by Crippen LogP contribution is 2.23. The molecule has 0 bridgehead atoms. The van der Waals surface area contributed by atoms with Gasteiger partial charge >= 0.3 is 6.16 Å². The summed E-state index contributed by atoms with van der Waals surface area (Å²) in [6.45, 7) is 5.15. The first-order valence-corrected chi connectivity index (χ1v) is 9.41. The molecule has 0 amide bonds. The van der Waals surface area contributed by atoms with Gasteiger partial charge in [0, 0.05) is 0 Å². The molecule has 2 atom stereocenters. The molecule has 144 valence electrons. The van der Waals surface area contributed by atoms with E-state index in [-0.39, 0.29) is 18.6 Å². The third kappa shape index (κ3) is 5.94. The van der Waals surface area contributed by atoms with Crippen molar-refractivity contribution in [2.75, 3.05) is 18.9 Å². The number of aromatic nitrogens is 4. The zero-order valence-corrected chi connectivity index (χ0v) is 15.7. The number of fused-ring (bicyclic) bond motifs is 1. The summed E-state index contributed by atoms with van der Waals surface area (Å²) >= 11 is 0. The summed E-state index contributed by atoms with van der Waals surface area (Å²) < 4.78 is 33.3. The van der Waals surface area contributed by atoms with Crippen molar-refractivity contribution in [3.8, 4) is 0 Å². The zero-order chi connectivity index (χ0) is 19.1. The van der Waals surface area contributed by atoms with Gasteiger partial charge < -0.3 is 24.5 Å². The number of nitrogens with two attached hydrogens (primary N) is 1. The van der Waals surface area contributed by atoms with E-state index in [0.29, 0.717) is 23.5 Å². The van der Waals surface area contributed by atoms with Crippen LogP contribution in [0.25, 0.3) is 11.2 Å². The average Bonchev–Trinajstić information content (AvgIpc) is 2.97. The van der Waals surface area contributed by atoms with Gasteiger partial charge in [0.2, 0.25) is 14.8 Å². The van der Waals surface area contributed by atoms with E-state index in [1.54, 1.807) is 24.7 Å². The van der Waals surface area contributed by atoms with Crippen molar-refractivity contribution in [3.05, 3.63) is 12.7 Å². The number of nitrogen functional groups attached to an aromatic ring is 1. The number of anilines is 1. The van der Waals surface area contributed by atoms with Gasteiger partial charge in [-0.2, -0.15) is 0 Å². The lowest BCUT2D eigenvalue weighted by Crippen LogP contribution is -2.17. The number of carbonyl (C=O) groups is 1. The van der Waals surface area contributed by atoms with Crippen LogP contribution in [0.4, 0.5) is 10.6 Å². The minimum atomic E-state index is -2.51. The lowest BCUT2D eigenvalue weighted by molar-refractivity contribution is -0.00819. The lowest BCUT2D eigenvalue weighted by atomic mass is 10.4. The Balaban J connectivity index is 1.72. The van der Waals surface area contributed by atoms with E-state index < -0.39 is 21.0 Å². The molecule has 12 heteroatoms. The molecule has 0 aliphatic carbocycles. The van der Waals surface area contributed by atoms with Gasteiger partial charge in [-0.05, 0) is 20.8 Å². The summed E-state index contributed by atoms with van der Waals surface area (Å²) in [4.78, 5) is 23.3. The number of nitrogens with zero attached hydrogens (tertiary/aromatic N) is 4. The van der Waals surface area contributed by atoms with E-state index in [0.717, 1.165) is 0 Å². The third-order valence-electron chi connectivity index (χ3n) is 3.10. The van der Waals surface area contributed by atoms with Gasteiger partial charge in [0.1, 0.15) is 18.2 Å². The molecule has 2 aromatic rings. The number of hydrogen-bond donors (Lipinski definition) is 1. The molecular weight excluding hydrogens is 365 g/mol. The summed E-state index contributed by atoms with van der Waals surface area (Å²) in [5.74, 6) is 0.303. The van der Waals surface area contributed by atoms with Gasteiger partial charge in [-0.3, -0.25) is 9.09 Å². The third-order valence-corrected chi connectivity index (χ3v) is 3.94. The Labute approximate surface area is 150 Å². The quantitative estimate of drug-likeness (QED) is 0.384. The maximum absolute atomic E-state index is 11.8. The molecule has 2 N–H and O–H groups in total. The van der Waals surface area contributed by atoms with Gasteiger partial charge in [-0.15, -0.1) is 0 Å². The Morgan fingerprint density at radius 3 is 2.81 bits per heavy atom. The monoisotopic (exact) mass is 387 g/mol. The van der Waals surface area contributed by atoms with Crippen LogP contribution in [0.15, 0.2) is 12.7 Å². The Morgan fingerprint density at radius 2 is 2.08 bits per heavy atom. The van der Waals surface area contributed by atoms with Crippen molar-refractivity contribution in [1.29, 1.82) is 0 Å². The molecule has 0 aliphatic rings. The molecule has 2 aromatic heterocycles. The molecule has 0 spiro atoms. The highest BCUT2D eigenvalue weighted by atomic mass is 31.1. The minimum absolute atomic E-state index is 0.113. The van der Waals surface area contributed by atoms with Crippen LogP contribution in [0.1, 0.15) is 20.8 Å². The molecule has 0 saturated carbocycles. The summed E-state index contributed by atoms with van der Waals surface area (Å²) in [7, 11) is -2.51. The summed E-state index contributed by atoms with van der Waals surface area (Å²) in [6, 6.07) is 0. The number of carbonyl (C=O) groups excluding carboxylic acids is 1. The van der Waals surface area contributed by atoms with Gasteiger partial charge in [0.15, 0.2) is 11.5 Å². The van der Waals surface area contributed by atoms with Crippen LogP contribution in [0.5, 0.6) is 0 Å². The van der Waals surface area contributed by atoms with Crippen LogP contribution in [-0.2, 0) is 29.8 Å². The van der Waals surface area contributed by atoms with Crippen molar-refractivity contribution in [3.63, 3.8) is 0 Å². The number of ether oxygens (including phenoxy) is 3. The molecule has 2 heterocycles. The van der Waals surface area contributed by atoms with Crippen LogP contribution in [-0.4, -0.2) is 51.0 Å². The van der Waals surface area contributed by atoms with Crippen LogP contribution in [0.2, 0.25) is 0 Å².